The number of pyridine rings is 1. The first-order valence-electron chi connectivity index (χ1n) is 9.53. The summed E-state index contributed by atoms with van der Waals surface area (Å²) >= 11 is 0. The van der Waals surface area contributed by atoms with Crippen molar-refractivity contribution in [2.24, 2.45) is 0 Å². The van der Waals surface area contributed by atoms with Gasteiger partial charge in [-0.25, -0.2) is 4.98 Å². The summed E-state index contributed by atoms with van der Waals surface area (Å²) in [7, 11) is 1.83. The second-order valence-electron chi connectivity index (χ2n) is 7.08. The first-order chi connectivity index (χ1) is 13.2. The van der Waals surface area contributed by atoms with Crippen LogP contribution >= 0.6 is 0 Å². The summed E-state index contributed by atoms with van der Waals surface area (Å²) in [6, 6.07) is 14.0. The van der Waals surface area contributed by atoms with Crippen LogP contribution in [0.4, 0.5) is 0 Å². The molecule has 0 saturated heterocycles. The van der Waals surface area contributed by atoms with Gasteiger partial charge in [-0.2, -0.15) is 0 Å². The van der Waals surface area contributed by atoms with Gasteiger partial charge < -0.3 is 9.47 Å². The van der Waals surface area contributed by atoms with Crippen molar-refractivity contribution in [2.75, 3.05) is 7.05 Å². The van der Waals surface area contributed by atoms with Crippen molar-refractivity contribution in [3.63, 3.8) is 0 Å². The van der Waals surface area contributed by atoms with Gasteiger partial charge >= 0.3 is 0 Å². The Bertz CT molecular complexity index is 918. The molecule has 3 aromatic rings. The lowest BCUT2D eigenvalue weighted by molar-refractivity contribution is 0.0778. The second-order valence-corrected chi connectivity index (χ2v) is 7.08. The van der Waals surface area contributed by atoms with E-state index in [2.05, 4.69) is 21.7 Å². The average Bonchev–Trinajstić information content (AvgIpc) is 2.89. The SMILES string of the molecule is CN(Cc1cccnc1)C(=O)c1nc(-c2ccccc2)n2c1CCCCC2. The van der Waals surface area contributed by atoms with Crippen molar-refractivity contribution >= 4 is 5.91 Å². The third kappa shape index (κ3) is 3.63. The summed E-state index contributed by atoms with van der Waals surface area (Å²) in [6.07, 6.45) is 7.87. The zero-order valence-electron chi connectivity index (χ0n) is 15.6. The number of imidazole rings is 1. The van der Waals surface area contributed by atoms with Crippen LogP contribution < -0.4 is 0 Å². The summed E-state index contributed by atoms with van der Waals surface area (Å²) in [4.78, 5) is 23.9. The molecule has 138 valence electrons. The van der Waals surface area contributed by atoms with Gasteiger partial charge in [0.05, 0.1) is 5.69 Å². The molecule has 27 heavy (non-hydrogen) atoms. The largest absolute Gasteiger partial charge is 0.336 e. The predicted molar refractivity (Wildman–Crippen MR) is 105 cm³/mol. The number of rotatable bonds is 4. The Balaban J connectivity index is 1.69. The molecule has 5 heteroatoms. The molecule has 0 aliphatic carbocycles. The van der Waals surface area contributed by atoms with Gasteiger partial charge in [-0.1, -0.05) is 42.8 Å². The fourth-order valence-corrected chi connectivity index (χ4v) is 3.72. The Labute approximate surface area is 159 Å². The van der Waals surface area contributed by atoms with E-state index in [4.69, 9.17) is 4.98 Å². The zero-order chi connectivity index (χ0) is 18.6. The average molecular weight is 360 g/mol. The van der Waals surface area contributed by atoms with Crippen LogP contribution in [-0.4, -0.2) is 32.4 Å². The molecule has 2 aromatic heterocycles. The van der Waals surface area contributed by atoms with Crippen molar-refractivity contribution in [3.8, 4) is 11.4 Å². The van der Waals surface area contributed by atoms with E-state index in [0.29, 0.717) is 12.2 Å². The molecule has 4 rings (SSSR count). The number of fused-ring (bicyclic) bond motifs is 1. The fraction of sp³-hybridized carbons (Fsp3) is 0.318. The lowest BCUT2D eigenvalue weighted by Gasteiger charge is -2.17. The lowest BCUT2D eigenvalue weighted by Crippen LogP contribution is -2.27. The zero-order valence-corrected chi connectivity index (χ0v) is 15.6. The topological polar surface area (TPSA) is 51.0 Å². The fourth-order valence-electron chi connectivity index (χ4n) is 3.72. The Hall–Kier alpha value is -2.95. The molecule has 0 N–H and O–H groups in total. The first kappa shape index (κ1) is 17.5. The molecule has 1 amide bonds. The first-order valence-corrected chi connectivity index (χ1v) is 9.53. The molecule has 0 saturated carbocycles. The number of aromatic nitrogens is 3. The van der Waals surface area contributed by atoms with Crippen LogP contribution in [0.5, 0.6) is 0 Å². The lowest BCUT2D eigenvalue weighted by atomic mass is 10.1. The van der Waals surface area contributed by atoms with E-state index < -0.39 is 0 Å². The molecule has 1 aliphatic heterocycles. The highest BCUT2D eigenvalue weighted by Crippen LogP contribution is 2.27. The van der Waals surface area contributed by atoms with Gasteiger partial charge in [0.1, 0.15) is 11.5 Å². The van der Waals surface area contributed by atoms with Crippen LogP contribution in [0.15, 0.2) is 54.9 Å². The summed E-state index contributed by atoms with van der Waals surface area (Å²) < 4.78 is 2.26. The Morgan fingerprint density at radius 2 is 1.96 bits per heavy atom. The number of amides is 1. The van der Waals surface area contributed by atoms with Crippen LogP contribution in [0.25, 0.3) is 11.4 Å². The summed E-state index contributed by atoms with van der Waals surface area (Å²) in [6.45, 7) is 1.45. The van der Waals surface area contributed by atoms with Gasteiger partial charge in [0.2, 0.25) is 0 Å². The van der Waals surface area contributed by atoms with Gasteiger partial charge in [-0.3, -0.25) is 9.78 Å². The maximum Gasteiger partial charge on any atom is 0.274 e. The van der Waals surface area contributed by atoms with Crippen LogP contribution in [-0.2, 0) is 19.5 Å². The molecule has 0 spiro atoms. The van der Waals surface area contributed by atoms with E-state index in [0.717, 1.165) is 48.5 Å². The third-order valence-corrected chi connectivity index (χ3v) is 5.09. The smallest absolute Gasteiger partial charge is 0.274 e. The minimum Gasteiger partial charge on any atom is -0.336 e. The maximum absolute atomic E-state index is 13.2. The van der Waals surface area contributed by atoms with Gasteiger partial charge in [0.15, 0.2) is 0 Å². The molecule has 3 heterocycles. The van der Waals surface area contributed by atoms with Crippen molar-refractivity contribution in [1.29, 1.82) is 0 Å². The summed E-state index contributed by atoms with van der Waals surface area (Å²) in [5, 5.41) is 0. The molecule has 5 nitrogen and oxygen atoms in total. The van der Waals surface area contributed by atoms with Crippen LogP contribution in [0.1, 0.15) is 41.0 Å². The number of benzene rings is 1. The minimum absolute atomic E-state index is 0.0216. The van der Waals surface area contributed by atoms with E-state index >= 15 is 0 Å². The number of carbonyl (C=O) groups is 1. The quantitative estimate of drug-likeness (QED) is 0.708. The highest BCUT2D eigenvalue weighted by atomic mass is 16.2. The van der Waals surface area contributed by atoms with Gasteiger partial charge in [-0.05, 0) is 30.9 Å². The highest BCUT2D eigenvalue weighted by Gasteiger charge is 2.26. The van der Waals surface area contributed by atoms with Gasteiger partial charge in [0, 0.05) is 38.1 Å². The van der Waals surface area contributed by atoms with E-state index in [1.165, 1.54) is 6.42 Å². The van der Waals surface area contributed by atoms with Crippen LogP contribution in [0.2, 0.25) is 0 Å². The Morgan fingerprint density at radius 3 is 2.74 bits per heavy atom. The number of hydrogen-bond donors (Lipinski definition) is 0. The monoisotopic (exact) mass is 360 g/mol. The van der Waals surface area contributed by atoms with Gasteiger partial charge in [-0.15, -0.1) is 0 Å². The van der Waals surface area contributed by atoms with Gasteiger partial charge in [0.25, 0.3) is 5.91 Å². The number of carbonyl (C=O) groups excluding carboxylic acids is 1. The molecule has 0 atom stereocenters. The van der Waals surface area contributed by atoms with E-state index in [9.17, 15) is 4.79 Å². The second kappa shape index (κ2) is 7.74. The normalized spacial score (nSPS) is 13.7. The van der Waals surface area contributed by atoms with Crippen molar-refractivity contribution in [1.82, 2.24) is 19.4 Å². The summed E-state index contributed by atoms with van der Waals surface area (Å²) in [5.74, 6) is 0.886. The van der Waals surface area contributed by atoms with Crippen LogP contribution in [0.3, 0.4) is 0 Å². The Morgan fingerprint density at radius 1 is 1.11 bits per heavy atom. The van der Waals surface area contributed by atoms with E-state index in [1.54, 1.807) is 17.3 Å². The summed E-state index contributed by atoms with van der Waals surface area (Å²) in [5.41, 5.74) is 3.76. The molecule has 0 fully saturated rings. The molecular formula is C22H24N4O. The molecule has 0 bridgehead atoms. The molecule has 0 unspecified atom stereocenters. The minimum atomic E-state index is -0.0216. The molecule has 1 aliphatic rings. The predicted octanol–water partition coefficient (Wildman–Crippen LogP) is 3.94. The standard InChI is InChI=1S/C22H24N4O/c1-25(16-17-9-8-13-23-15-17)22(27)20-19-12-6-3-7-14-26(19)21(24-20)18-10-4-2-5-11-18/h2,4-5,8-11,13,15H,3,6-7,12,14,16H2,1H3. The van der Waals surface area contributed by atoms with Crippen molar-refractivity contribution in [3.05, 3.63) is 71.8 Å². The third-order valence-electron chi connectivity index (χ3n) is 5.09. The number of nitrogens with zero attached hydrogens (tertiary/aromatic N) is 4. The Kier molecular flexibility index (Phi) is 5.01. The van der Waals surface area contributed by atoms with Crippen molar-refractivity contribution in [2.45, 2.75) is 38.8 Å². The highest BCUT2D eigenvalue weighted by molar-refractivity contribution is 5.94. The molecule has 0 radical (unpaired) electrons. The maximum atomic E-state index is 13.2. The van der Waals surface area contributed by atoms with E-state index in [-0.39, 0.29) is 5.91 Å². The van der Waals surface area contributed by atoms with Crippen molar-refractivity contribution < 1.29 is 4.79 Å². The van der Waals surface area contributed by atoms with E-state index in [1.807, 2.05) is 37.4 Å². The molecule has 1 aromatic carbocycles. The van der Waals surface area contributed by atoms with Crippen LogP contribution in [0, 0.1) is 0 Å². The molecular weight excluding hydrogens is 336 g/mol. The number of hydrogen-bond acceptors (Lipinski definition) is 3.